The summed E-state index contributed by atoms with van der Waals surface area (Å²) in [6.07, 6.45) is 1.39. The third kappa shape index (κ3) is 2.02. The Bertz CT molecular complexity index is 659. The molecule has 0 spiro atoms. The third-order valence-electron chi connectivity index (χ3n) is 2.62. The summed E-state index contributed by atoms with van der Waals surface area (Å²) in [6, 6.07) is 6.43. The van der Waals surface area contributed by atoms with Crippen molar-refractivity contribution in [2.75, 3.05) is 0 Å². The lowest BCUT2D eigenvalue weighted by molar-refractivity contribution is 0.0686. The zero-order chi connectivity index (χ0) is 13.3. The molecule has 4 nitrogen and oxygen atoms in total. The Kier molecular flexibility index (Phi) is 2.97. The van der Waals surface area contributed by atoms with Crippen molar-refractivity contribution in [2.24, 2.45) is 7.05 Å². The lowest BCUT2D eigenvalue weighted by Crippen LogP contribution is -2.17. The van der Waals surface area contributed by atoms with Crippen molar-refractivity contribution in [1.82, 2.24) is 4.57 Å². The van der Waals surface area contributed by atoms with Gasteiger partial charge in [0.05, 0.1) is 5.56 Å². The maximum atomic E-state index is 12.8. The second kappa shape index (κ2) is 4.44. The molecule has 0 amide bonds. The number of halogens is 1. The van der Waals surface area contributed by atoms with Crippen molar-refractivity contribution in [3.05, 3.63) is 58.3 Å². The van der Waals surface area contributed by atoms with E-state index in [0.29, 0.717) is 5.56 Å². The highest BCUT2D eigenvalue weighted by atomic mass is 19.1. The van der Waals surface area contributed by atoms with Gasteiger partial charge in [0.2, 0.25) is 0 Å². The Balaban J connectivity index is 2.77. The maximum Gasteiger partial charge on any atom is 0.353 e. The SMILES string of the molecule is Cn1ccc(=O)c(-c2ccc(F)cc2)c1C(=O)O. The van der Waals surface area contributed by atoms with Crippen molar-refractivity contribution in [2.45, 2.75) is 0 Å². The van der Waals surface area contributed by atoms with Gasteiger partial charge in [-0.25, -0.2) is 9.18 Å². The van der Waals surface area contributed by atoms with Crippen LogP contribution in [0.4, 0.5) is 4.39 Å². The zero-order valence-electron chi connectivity index (χ0n) is 9.55. The van der Waals surface area contributed by atoms with Gasteiger partial charge in [-0.2, -0.15) is 0 Å². The highest BCUT2D eigenvalue weighted by molar-refractivity contribution is 5.94. The molecule has 1 aromatic carbocycles. The van der Waals surface area contributed by atoms with Crippen molar-refractivity contribution in [3.63, 3.8) is 0 Å². The monoisotopic (exact) mass is 247 g/mol. The van der Waals surface area contributed by atoms with Gasteiger partial charge >= 0.3 is 5.97 Å². The van der Waals surface area contributed by atoms with Gasteiger partial charge < -0.3 is 9.67 Å². The second-order valence-electron chi connectivity index (χ2n) is 3.83. The number of aromatic nitrogens is 1. The minimum Gasteiger partial charge on any atom is -0.477 e. The summed E-state index contributed by atoms with van der Waals surface area (Å²) >= 11 is 0. The molecule has 0 saturated carbocycles. The standard InChI is InChI=1S/C13H10FNO3/c1-15-7-6-10(16)11(12(15)13(17)18)8-2-4-9(14)5-3-8/h2-7H,1H3,(H,17,18). The molecule has 1 heterocycles. The summed E-state index contributed by atoms with van der Waals surface area (Å²) < 4.78 is 14.2. The Labute approximate surface area is 102 Å². The Hall–Kier alpha value is -2.43. The minimum absolute atomic E-state index is 0.0625. The van der Waals surface area contributed by atoms with E-state index in [0.717, 1.165) is 0 Å². The summed E-state index contributed by atoms with van der Waals surface area (Å²) in [4.78, 5) is 23.0. The van der Waals surface area contributed by atoms with Crippen LogP contribution in [0.5, 0.6) is 0 Å². The lowest BCUT2D eigenvalue weighted by atomic mass is 10.0. The first-order valence-electron chi connectivity index (χ1n) is 5.19. The molecule has 5 heteroatoms. The van der Waals surface area contributed by atoms with E-state index in [1.807, 2.05) is 0 Å². The first-order valence-corrected chi connectivity index (χ1v) is 5.19. The summed E-state index contributed by atoms with van der Waals surface area (Å²) in [5.74, 6) is -1.64. The maximum absolute atomic E-state index is 12.8. The van der Waals surface area contributed by atoms with Crippen LogP contribution in [0.3, 0.4) is 0 Å². The fourth-order valence-electron chi connectivity index (χ4n) is 1.78. The van der Waals surface area contributed by atoms with E-state index < -0.39 is 17.2 Å². The number of hydrogen-bond acceptors (Lipinski definition) is 2. The second-order valence-corrected chi connectivity index (χ2v) is 3.83. The van der Waals surface area contributed by atoms with E-state index in [2.05, 4.69) is 0 Å². The first-order chi connectivity index (χ1) is 8.50. The van der Waals surface area contributed by atoms with Crippen molar-refractivity contribution in [1.29, 1.82) is 0 Å². The Morgan fingerprint density at radius 2 is 1.83 bits per heavy atom. The quantitative estimate of drug-likeness (QED) is 0.881. The van der Waals surface area contributed by atoms with Crippen LogP contribution in [0.2, 0.25) is 0 Å². The molecule has 2 aromatic rings. The van der Waals surface area contributed by atoms with E-state index >= 15 is 0 Å². The number of nitrogens with zero attached hydrogens (tertiary/aromatic N) is 1. The molecule has 0 radical (unpaired) electrons. The average Bonchev–Trinajstić information content (AvgIpc) is 2.32. The predicted octanol–water partition coefficient (Wildman–Crippen LogP) is 1.89. The fourth-order valence-corrected chi connectivity index (χ4v) is 1.78. The molecule has 1 N–H and O–H groups in total. The topological polar surface area (TPSA) is 59.3 Å². The van der Waals surface area contributed by atoms with Gasteiger partial charge in [0, 0.05) is 19.3 Å². The van der Waals surface area contributed by atoms with E-state index in [1.54, 1.807) is 0 Å². The molecule has 0 aliphatic carbocycles. The number of aromatic carboxylic acids is 1. The molecule has 2 rings (SSSR count). The van der Waals surface area contributed by atoms with Crippen LogP contribution < -0.4 is 5.43 Å². The summed E-state index contributed by atoms with van der Waals surface area (Å²) in [6.45, 7) is 0. The number of pyridine rings is 1. The lowest BCUT2D eigenvalue weighted by Gasteiger charge is -2.10. The van der Waals surface area contributed by atoms with Gasteiger partial charge in [0.15, 0.2) is 5.43 Å². The first kappa shape index (κ1) is 12.0. The molecule has 1 aromatic heterocycles. The largest absolute Gasteiger partial charge is 0.477 e. The molecule has 18 heavy (non-hydrogen) atoms. The van der Waals surface area contributed by atoms with Gasteiger partial charge in [0.1, 0.15) is 11.5 Å². The van der Waals surface area contributed by atoms with E-state index in [9.17, 15) is 14.0 Å². The molecule has 0 aliphatic heterocycles. The number of carboxylic acids is 1. The van der Waals surface area contributed by atoms with Crippen LogP contribution in [0.15, 0.2) is 41.3 Å². The number of hydrogen-bond donors (Lipinski definition) is 1. The Morgan fingerprint density at radius 1 is 1.22 bits per heavy atom. The smallest absolute Gasteiger partial charge is 0.353 e. The average molecular weight is 247 g/mol. The summed E-state index contributed by atoms with van der Waals surface area (Å²) in [5, 5.41) is 9.15. The predicted molar refractivity (Wildman–Crippen MR) is 64.0 cm³/mol. The van der Waals surface area contributed by atoms with Gasteiger partial charge in [0.25, 0.3) is 0 Å². The van der Waals surface area contributed by atoms with E-state index in [4.69, 9.17) is 5.11 Å². The number of carbonyl (C=O) groups is 1. The van der Waals surface area contributed by atoms with Crippen LogP contribution >= 0.6 is 0 Å². The number of aryl methyl sites for hydroxylation is 1. The number of rotatable bonds is 2. The van der Waals surface area contributed by atoms with Crippen LogP contribution in [0.1, 0.15) is 10.5 Å². The Morgan fingerprint density at radius 3 is 2.39 bits per heavy atom. The van der Waals surface area contributed by atoms with Crippen LogP contribution in [-0.4, -0.2) is 15.6 Å². The molecule has 0 fully saturated rings. The number of carboxylic acid groups (broad SMARTS) is 1. The van der Waals surface area contributed by atoms with Gasteiger partial charge in [-0.05, 0) is 17.7 Å². The fraction of sp³-hybridized carbons (Fsp3) is 0.0769. The molecule has 0 saturated heterocycles. The summed E-state index contributed by atoms with van der Waals surface area (Å²) in [5.41, 5.74) is -0.0753. The van der Waals surface area contributed by atoms with Crippen LogP contribution in [-0.2, 0) is 7.05 Å². The molecule has 92 valence electrons. The van der Waals surface area contributed by atoms with E-state index in [-0.39, 0.29) is 11.3 Å². The van der Waals surface area contributed by atoms with Crippen molar-refractivity contribution >= 4 is 5.97 Å². The normalized spacial score (nSPS) is 10.3. The van der Waals surface area contributed by atoms with E-state index in [1.165, 1.54) is 48.1 Å². The zero-order valence-corrected chi connectivity index (χ0v) is 9.55. The number of benzene rings is 1. The minimum atomic E-state index is -1.20. The highest BCUT2D eigenvalue weighted by Crippen LogP contribution is 2.20. The molecule has 0 atom stereocenters. The third-order valence-corrected chi connectivity index (χ3v) is 2.62. The summed E-state index contributed by atoms with van der Waals surface area (Å²) in [7, 11) is 1.54. The van der Waals surface area contributed by atoms with Gasteiger partial charge in [-0.3, -0.25) is 4.79 Å². The molecular weight excluding hydrogens is 237 g/mol. The van der Waals surface area contributed by atoms with Crippen molar-refractivity contribution in [3.8, 4) is 11.1 Å². The van der Waals surface area contributed by atoms with Crippen LogP contribution in [0.25, 0.3) is 11.1 Å². The van der Waals surface area contributed by atoms with Crippen LogP contribution in [0, 0.1) is 5.82 Å². The molecule has 0 unspecified atom stereocenters. The highest BCUT2D eigenvalue weighted by Gasteiger charge is 2.17. The van der Waals surface area contributed by atoms with Crippen molar-refractivity contribution < 1.29 is 14.3 Å². The molecule has 0 bridgehead atoms. The molecule has 0 aliphatic rings. The van der Waals surface area contributed by atoms with Gasteiger partial charge in [-0.15, -0.1) is 0 Å². The van der Waals surface area contributed by atoms with Gasteiger partial charge in [-0.1, -0.05) is 12.1 Å². The molecular formula is C13H10FNO3.